The number of benzene rings is 1. The third-order valence-corrected chi connectivity index (χ3v) is 7.06. The lowest BCUT2D eigenvalue weighted by molar-refractivity contribution is -0.115. The first kappa shape index (κ1) is 24.0. The molecule has 0 aliphatic carbocycles. The van der Waals surface area contributed by atoms with Gasteiger partial charge in [0.25, 0.3) is 0 Å². The van der Waals surface area contributed by atoms with Crippen molar-refractivity contribution in [2.45, 2.75) is 12.0 Å². The molecule has 1 amide bonds. The molecule has 2 aliphatic heterocycles. The summed E-state index contributed by atoms with van der Waals surface area (Å²) in [4.78, 5) is 30.6. The number of carbonyl (C=O) groups is 1. The molecule has 1 aromatic carbocycles. The molecule has 186 valence electrons. The first-order valence-corrected chi connectivity index (χ1v) is 11.8. The molecule has 5 rings (SSSR count). The van der Waals surface area contributed by atoms with Gasteiger partial charge in [-0.05, 0) is 18.2 Å². The number of aliphatic imine (C=N–C) groups is 1. The molecule has 0 spiro atoms. The average molecular weight is 518 g/mol. The molecule has 2 atom stereocenters. The minimum atomic E-state index is -1.09. The summed E-state index contributed by atoms with van der Waals surface area (Å²) in [5.41, 5.74) is 5.21. The molecule has 36 heavy (non-hydrogen) atoms. The number of fused-ring (bicyclic) bond motifs is 1. The van der Waals surface area contributed by atoms with E-state index in [1.54, 1.807) is 4.90 Å². The van der Waals surface area contributed by atoms with Gasteiger partial charge in [-0.1, -0.05) is 11.8 Å². The van der Waals surface area contributed by atoms with E-state index in [-0.39, 0.29) is 35.4 Å². The van der Waals surface area contributed by atoms with E-state index in [9.17, 15) is 18.0 Å². The number of nitrogens with zero attached hydrogens (tertiary/aromatic N) is 5. The fraction of sp³-hybridized carbons (Fsp3) is 0.261. The van der Waals surface area contributed by atoms with E-state index in [1.807, 2.05) is 0 Å². The van der Waals surface area contributed by atoms with Crippen molar-refractivity contribution in [1.82, 2.24) is 15.0 Å². The number of aromatic nitrogens is 3. The van der Waals surface area contributed by atoms with Crippen LogP contribution in [0.1, 0.15) is 11.3 Å². The van der Waals surface area contributed by atoms with Crippen LogP contribution in [0.5, 0.6) is 0 Å². The number of nitrogens with two attached hydrogens (primary N) is 1. The standard InChI is InChI=1S/C23H19F4N7OS/c24-13-3-18(27)19(29-6-13)5-20(35)32-15-1-2-17(26)16(4-15)23-11-34(22-30-7-14(25)8-31-22)9-12(23)10-36-21(28)33-23/h1-4,6-8,12H,5,9-11H2,(H2,28,33)(H,32,35)/t12-,23-/m0/s1. The Morgan fingerprint density at radius 3 is 2.58 bits per heavy atom. The second-order valence-corrected chi connectivity index (χ2v) is 9.51. The first-order valence-electron chi connectivity index (χ1n) is 10.8. The fourth-order valence-electron chi connectivity index (χ4n) is 4.49. The molecule has 13 heteroatoms. The molecule has 3 N–H and O–H groups in total. The van der Waals surface area contributed by atoms with Crippen LogP contribution in [0.3, 0.4) is 0 Å². The SMILES string of the molecule is NC1=N[C@@]2(c3cc(NC(=O)Cc4ncc(F)cc4F)ccc3F)CN(c3ncc(F)cn3)C[C@H]2CS1. The molecule has 3 aromatic rings. The highest BCUT2D eigenvalue weighted by atomic mass is 32.2. The summed E-state index contributed by atoms with van der Waals surface area (Å²) in [6, 6.07) is 4.69. The first-order chi connectivity index (χ1) is 17.2. The predicted octanol–water partition coefficient (Wildman–Crippen LogP) is 3.00. The van der Waals surface area contributed by atoms with Gasteiger partial charge >= 0.3 is 0 Å². The lowest BCUT2D eigenvalue weighted by atomic mass is 9.81. The summed E-state index contributed by atoms with van der Waals surface area (Å²) in [5, 5.41) is 2.90. The third kappa shape index (κ3) is 4.57. The van der Waals surface area contributed by atoms with Crippen molar-refractivity contribution in [3.63, 3.8) is 0 Å². The molecule has 2 aliphatic rings. The summed E-state index contributed by atoms with van der Waals surface area (Å²) in [6.45, 7) is 0.616. The highest BCUT2D eigenvalue weighted by Gasteiger charge is 2.52. The Morgan fingerprint density at radius 2 is 1.83 bits per heavy atom. The van der Waals surface area contributed by atoms with Gasteiger partial charge < -0.3 is 16.0 Å². The Hall–Kier alpha value is -3.74. The molecule has 0 unspecified atom stereocenters. The normalized spacial score (nSPS) is 21.2. The van der Waals surface area contributed by atoms with Gasteiger partial charge in [0.1, 0.15) is 23.0 Å². The summed E-state index contributed by atoms with van der Waals surface area (Å²) in [6.07, 6.45) is 2.49. The molecule has 4 heterocycles. The van der Waals surface area contributed by atoms with E-state index in [4.69, 9.17) is 5.73 Å². The maximum atomic E-state index is 15.2. The molecule has 2 aromatic heterocycles. The van der Waals surface area contributed by atoms with E-state index in [1.165, 1.54) is 30.0 Å². The van der Waals surface area contributed by atoms with Crippen LogP contribution in [-0.4, -0.2) is 44.9 Å². The summed E-state index contributed by atoms with van der Waals surface area (Å²) in [7, 11) is 0. The summed E-state index contributed by atoms with van der Waals surface area (Å²) in [5.74, 6) is -2.87. The Balaban J connectivity index is 1.44. The number of halogens is 4. The number of anilines is 2. The number of pyridine rings is 1. The molecule has 0 radical (unpaired) electrons. The number of amidine groups is 1. The third-order valence-electron chi connectivity index (χ3n) is 6.11. The number of nitrogens with one attached hydrogen (secondary N) is 1. The van der Waals surface area contributed by atoms with E-state index in [2.05, 4.69) is 25.3 Å². The van der Waals surface area contributed by atoms with Crippen molar-refractivity contribution >= 4 is 34.5 Å². The quantitative estimate of drug-likeness (QED) is 0.501. The van der Waals surface area contributed by atoms with Crippen LogP contribution < -0.4 is 16.0 Å². The monoisotopic (exact) mass is 517 g/mol. The van der Waals surface area contributed by atoms with Crippen molar-refractivity contribution in [3.8, 4) is 0 Å². The fourth-order valence-corrected chi connectivity index (χ4v) is 5.47. The predicted molar refractivity (Wildman–Crippen MR) is 126 cm³/mol. The van der Waals surface area contributed by atoms with Crippen LogP contribution in [-0.2, 0) is 16.8 Å². The van der Waals surface area contributed by atoms with Crippen LogP contribution in [0.4, 0.5) is 29.2 Å². The Kier molecular flexibility index (Phi) is 6.24. The molecule has 0 bridgehead atoms. The van der Waals surface area contributed by atoms with Crippen molar-refractivity contribution in [2.24, 2.45) is 16.6 Å². The highest BCUT2D eigenvalue weighted by Crippen LogP contribution is 2.47. The van der Waals surface area contributed by atoms with Gasteiger partial charge in [0.15, 0.2) is 11.0 Å². The van der Waals surface area contributed by atoms with Crippen LogP contribution in [0.15, 0.2) is 47.8 Å². The number of amides is 1. The number of rotatable bonds is 5. The smallest absolute Gasteiger partial charge is 0.230 e. The molecule has 1 fully saturated rings. The van der Waals surface area contributed by atoms with Crippen LogP contribution in [0.2, 0.25) is 0 Å². The molecular weight excluding hydrogens is 498 g/mol. The topological polar surface area (TPSA) is 109 Å². The van der Waals surface area contributed by atoms with Gasteiger partial charge in [-0.15, -0.1) is 0 Å². The maximum absolute atomic E-state index is 15.2. The number of hydrogen-bond donors (Lipinski definition) is 2. The van der Waals surface area contributed by atoms with E-state index < -0.39 is 41.1 Å². The molecular formula is C23H19F4N7OS. The van der Waals surface area contributed by atoms with Crippen LogP contribution in [0, 0.1) is 29.2 Å². The second kappa shape index (κ2) is 9.37. The minimum Gasteiger partial charge on any atom is -0.379 e. The Morgan fingerprint density at radius 1 is 1.08 bits per heavy atom. The van der Waals surface area contributed by atoms with Crippen molar-refractivity contribution < 1.29 is 22.4 Å². The maximum Gasteiger partial charge on any atom is 0.230 e. The highest BCUT2D eigenvalue weighted by molar-refractivity contribution is 8.13. The van der Waals surface area contributed by atoms with Crippen molar-refractivity contribution in [3.05, 3.63) is 77.4 Å². The zero-order valence-electron chi connectivity index (χ0n) is 18.6. The minimum absolute atomic E-state index is 0.179. The number of thioether (sulfide) groups is 1. The van der Waals surface area contributed by atoms with Gasteiger partial charge in [-0.3, -0.25) is 9.78 Å². The van der Waals surface area contributed by atoms with Crippen LogP contribution >= 0.6 is 11.8 Å². The summed E-state index contributed by atoms with van der Waals surface area (Å²) >= 11 is 1.35. The molecule has 1 saturated heterocycles. The Labute approximate surface area is 207 Å². The van der Waals surface area contributed by atoms with Crippen molar-refractivity contribution in [2.75, 3.05) is 29.1 Å². The zero-order valence-corrected chi connectivity index (χ0v) is 19.4. The molecule has 0 saturated carbocycles. The number of carbonyl (C=O) groups excluding carboxylic acids is 1. The molecule has 8 nitrogen and oxygen atoms in total. The lowest BCUT2D eigenvalue weighted by Gasteiger charge is -2.35. The largest absolute Gasteiger partial charge is 0.379 e. The van der Waals surface area contributed by atoms with Gasteiger partial charge in [0, 0.05) is 35.5 Å². The zero-order chi connectivity index (χ0) is 25.4. The van der Waals surface area contributed by atoms with Gasteiger partial charge in [0.05, 0.1) is 37.3 Å². The van der Waals surface area contributed by atoms with Crippen molar-refractivity contribution in [1.29, 1.82) is 0 Å². The van der Waals surface area contributed by atoms with Crippen LogP contribution in [0.25, 0.3) is 0 Å². The van der Waals surface area contributed by atoms with E-state index in [0.717, 1.165) is 18.6 Å². The van der Waals surface area contributed by atoms with Gasteiger partial charge in [-0.2, -0.15) is 0 Å². The Bertz CT molecular complexity index is 1360. The summed E-state index contributed by atoms with van der Waals surface area (Å²) < 4.78 is 55.6. The average Bonchev–Trinajstić information content (AvgIpc) is 3.22. The van der Waals surface area contributed by atoms with Gasteiger partial charge in [0.2, 0.25) is 11.9 Å². The van der Waals surface area contributed by atoms with E-state index in [0.29, 0.717) is 23.5 Å². The number of hydrogen-bond acceptors (Lipinski definition) is 8. The second-order valence-electron chi connectivity index (χ2n) is 8.47. The van der Waals surface area contributed by atoms with E-state index >= 15 is 4.39 Å². The lowest BCUT2D eigenvalue weighted by Crippen LogP contribution is -2.40. The van der Waals surface area contributed by atoms with Gasteiger partial charge in [-0.25, -0.2) is 32.5 Å².